The van der Waals surface area contributed by atoms with Gasteiger partial charge in [-0.25, -0.2) is 0 Å². The van der Waals surface area contributed by atoms with Gasteiger partial charge in [0.2, 0.25) is 0 Å². The van der Waals surface area contributed by atoms with E-state index in [4.69, 9.17) is 0 Å². The molecule has 0 radical (unpaired) electrons. The molecule has 1 fully saturated rings. The molecule has 1 aliphatic carbocycles. The summed E-state index contributed by atoms with van der Waals surface area (Å²) in [6.07, 6.45) is 6.25. The predicted octanol–water partition coefficient (Wildman–Crippen LogP) is 3.52. The van der Waals surface area contributed by atoms with Gasteiger partial charge in [0.15, 0.2) is 5.69 Å². The van der Waals surface area contributed by atoms with Crippen LogP contribution in [0.25, 0.3) is 0 Å². The van der Waals surface area contributed by atoms with Crippen LogP contribution in [-0.2, 0) is 6.54 Å². The van der Waals surface area contributed by atoms with Crippen molar-refractivity contribution in [1.29, 1.82) is 0 Å². The summed E-state index contributed by atoms with van der Waals surface area (Å²) in [4.78, 5) is 27.6. The number of benzene rings is 1. The molecule has 1 aromatic heterocycles. The van der Waals surface area contributed by atoms with Crippen LogP contribution >= 0.6 is 0 Å². The van der Waals surface area contributed by atoms with Crippen LogP contribution in [0.4, 0.5) is 5.69 Å². The van der Waals surface area contributed by atoms with Crippen molar-refractivity contribution in [2.24, 2.45) is 0 Å². The first kappa shape index (κ1) is 21.6. The molecule has 2 heterocycles. The molecule has 0 bridgehead atoms. The fraction of sp³-hybridized carbons (Fsp3) is 0.542. The highest BCUT2D eigenvalue weighted by Crippen LogP contribution is 2.27. The number of anilines is 1. The lowest BCUT2D eigenvalue weighted by Gasteiger charge is -2.43. The smallest absolute Gasteiger partial charge is 0.276 e. The fourth-order valence-corrected chi connectivity index (χ4v) is 4.53. The molecule has 7 nitrogen and oxygen atoms in total. The topological polar surface area (TPSA) is 79.3 Å². The minimum absolute atomic E-state index is 0.100. The average Bonchev–Trinajstić information content (AvgIpc) is 3.18. The molecule has 0 spiro atoms. The number of aromatic nitrogens is 2. The van der Waals surface area contributed by atoms with E-state index in [-0.39, 0.29) is 17.5 Å². The minimum Gasteiger partial charge on any atom is -0.332 e. The van der Waals surface area contributed by atoms with Gasteiger partial charge in [0.1, 0.15) is 5.69 Å². The van der Waals surface area contributed by atoms with Gasteiger partial charge in [-0.15, -0.1) is 0 Å². The monoisotopic (exact) mass is 423 g/mol. The highest BCUT2D eigenvalue weighted by atomic mass is 16.2. The molecule has 7 heteroatoms. The maximum atomic E-state index is 13.1. The number of likely N-dealkylation sites (N-methyl/N-ethyl adjacent to an activating group) is 1. The number of hydrogen-bond donors (Lipinski definition) is 2. The highest BCUT2D eigenvalue weighted by Gasteiger charge is 2.41. The van der Waals surface area contributed by atoms with E-state index >= 15 is 0 Å². The van der Waals surface area contributed by atoms with Gasteiger partial charge in [-0.1, -0.05) is 25.3 Å². The van der Waals surface area contributed by atoms with Gasteiger partial charge in [0.25, 0.3) is 11.8 Å². The summed E-state index contributed by atoms with van der Waals surface area (Å²) in [5, 5.41) is 11.1. The van der Waals surface area contributed by atoms with Crippen LogP contribution in [-0.4, -0.2) is 51.7 Å². The molecule has 1 atom stereocenters. The molecule has 1 unspecified atom stereocenters. The van der Waals surface area contributed by atoms with Crippen LogP contribution in [0.3, 0.4) is 0 Å². The molecule has 1 aliphatic heterocycles. The molecule has 2 amide bonds. The quantitative estimate of drug-likeness (QED) is 0.771. The maximum absolute atomic E-state index is 13.1. The Bertz CT molecular complexity index is 992. The van der Waals surface area contributed by atoms with Gasteiger partial charge >= 0.3 is 0 Å². The molecule has 2 N–H and O–H groups in total. The molecule has 31 heavy (non-hydrogen) atoms. The number of rotatable bonds is 5. The van der Waals surface area contributed by atoms with Crippen LogP contribution in [0.2, 0.25) is 0 Å². The molecule has 0 saturated heterocycles. The fourth-order valence-electron chi connectivity index (χ4n) is 4.53. The molecular formula is C24H33N5O2. The lowest BCUT2D eigenvalue weighted by atomic mass is 9.92. The summed E-state index contributed by atoms with van der Waals surface area (Å²) < 4.78 is 1.69. The van der Waals surface area contributed by atoms with Crippen molar-refractivity contribution in [1.82, 2.24) is 20.0 Å². The van der Waals surface area contributed by atoms with Crippen molar-refractivity contribution >= 4 is 17.5 Å². The number of carbonyl (C=O) groups excluding carboxylic acids is 2. The highest BCUT2D eigenvalue weighted by molar-refractivity contribution is 6.05. The van der Waals surface area contributed by atoms with E-state index < -0.39 is 5.54 Å². The molecule has 1 saturated carbocycles. The van der Waals surface area contributed by atoms with Crippen molar-refractivity contribution in [3.8, 4) is 0 Å². The number of fused-ring (bicyclic) bond motifs is 1. The normalized spacial score (nSPS) is 21.8. The van der Waals surface area contributed by atoms with Crippen LogP contribution in [0.15, 0.2) is 24.3 Å². The van der Waals surface area contributed by atoms with Gasteiger partial charge in [-0.2, -0.15) is 5.10 Å². The standard InChI is InChI=1S/C24H33N5O2/c1-16-10-11-19(12-17(16)2)26-22(30)20-13-21-23(31)28(4)24(3,15-29(21)27-20)14-25-18-8-6-5-7-9-18/h10-13,18,25H,5-9,14-15H2,1-4H3,(H,26,30). The van der Waals surface area contributed by atoms with Gasteiger partial charge in [0.05, 0.1) is 12.1 Å². The Labute approximate surface area is 184 Å². The molecule has 2 aromatic rings. The molecule has 4 rings (SSSR count). The Morgan fingerprint density at radius 3 is 2.61 bits per heavy atom. The van der Waals surface area contributed by atoms with Crippen molar-refractivity contribution < 1.29 is 9.59 Å². The zero-order chi connectivity index (χ0) is 22.2. The first-order chi connectivity index (χ1) is 14.8. The van der Waals surface area contributed by atoms with Crippen LogP contribution in [0.1, 0.15) is 71.1 Å². The summed E-state index contributed by atoms with van der Waals surface area (Å²) >= 11 is 0. The Morgan fingerprint density at radius 1 is 1.16 bits per heavy atom. The summed E-state index contributed by atoms with van der Waals surface area (Å²) in [5.41, 5.74) is 3.34. The third kappa shape index (κ3) is 4.37. The first-order valence-corrected chi connectivity index (χ1v) is 11.2. The van der Waals surface area contributed by atoms with E-state index in [1.807, 2.05) is 39.1 Å². The number of aryl methyl sites for hydroxylation is 2. The summed E-state index contributed by atoms with van der Waals surface area (Å²) in [6.45, 7) is 7.40. The second-order valence-corrected chi connectivity index (χ2v) is 9.40. The van der Waals surface area contributed by atoms with Gasteiger partial charge in [-0.3, -0.25) is 14.3 Å². The van der Waals surface area contributed by atoms with E-state index in [2.05, 4.69) is 22.7 Å². The number of carbonyl (C=O) groups is 2. The maximum Gasteiger partial charge on any atom is 0.276 e. The molecule has 1 aromatic carbocycles. The molecule has 166 valence electrons. The third-order valence-corrected chi connectivity index (χ3v) is 6.98. The van der Waals surface area contributed by atoms with E-state index in [1.165, 1.54) is 37.7 Å². The SMILES string of the molecule is Cc1ccc(NC(=O)c2cc3n(n2)CC(C)(CNC2CCCCC2)N(C)C3=O)cc1C. The summed E-state index contributed by atoms with van der Waals surface area (Å²) in [7, 11) is 1.84. The van der Waals surface area contributed by atoms with E-state index in [1.54, 1.807) is 15.6 Å². The number of amides is 2. The van der Waals surface area contributed by atoms with E-state index in [0.29, 0.717) is 24.8 Å². The molecular weight excluding hydrogens is 390 g/mol. The zero-order valence-corrected chi connectivity index (χ0v) is 19.0. The number of hydrogen-bond acceptors (Lipinski definition) is 4. The Balaban J connectivity index is 1.49. The Hall–Kier alpha value is -2.67. The van der Waals surface area contributed by atoms with Crippen LogP contribution < -0.4 is 10.6 Å². The second-order valence-electron chi connectivity index (χ2n) is 9.40. The van der Waals surface area contributed by atoms with Crippen LogP contribution in [0.5, 0.6) is 0 Å². The predicted molar refractivity (Wildman–Crippen MR) is 121 cm³/mol. The third-order valence-electron chi connectivity index (χ3n) is 6.98. The van der Waals surface area contributed by atoms with Crippen molar-refractivity contribution in [2.45, 2.75) is 71.0 Å². The van der Waals surface area contributed by atoms with E-state index in [0.717, 1.165) is 11.3 Å². The second kappa shape index (κ2) is 8.46. The van der Waals surface area contributed by atoms with Gasteiger partial charge in [-0.05, 0) is 56.9 Å². The molecule has 2 aliphatic rings. The first-order valence-electron chi connectivity index (χ1n) is 11.2. The lowest BCUT2D eigenvalue weighted by molar-refractivity contribution is 0.0430. The number of nitrogens with zero attached hydrogens (tertiary/aromatic N) is 3. The van der Waals surface area contributed by atoms with Gasteiger partial charge in [0, 0.05) is 31.4 Å². The van der Waals surface area contributed by atoms with E-state index in [9.17, 15) is 9.59 Å². The largest absolute Gasteiger partial charge is 0.332 e. The van der Waals surface area contributed by atoms with Crippen LogP contribution in [0, 0.1) is 13.8 Å². The summed E-state index contributed by atoms with van der Waals surface area (Å²) in [5.74, 6) is -0.403. The van der Waals surface area contributed by atoms with Crippen molar-refractivity contribution in [2.75, 3.05) is 18.9 Å². The zero-order valence-electron chi connectivity index (χ0n) is 19.0. The Kier molecular flexibility index (Phi) is 5.88. The number of nitrogens with one attached hydrogen (secondary N) is 2. The van der Waals surface area contributed by atoms with Crippen molar-refractivity contribution in [3.05, 3.63) is 46.8 Å². The minimum atomic E-state index is -0.393. The van der Waals surface area contributed by atoms with Crippen molar-refractivity contribution in [3.63, 3.8) is 0 Å². The van der Waals surface area contributed by atoms with Gasteiger partial charge < -0.3 is 15.5 Å². The average molecular weight is 424 g/mol. The summed E-state index contributed by atoms with van der Waals surface area (Å²) in [6, 6.07) is 7.92. The lowest BCUT2D eigenvalue weighted by Crippen LogP contribution is -2.60. The Morgan fingerprint density at radius 2 is 1.90 bits per heavy atom.